The predicted octanol–water partition coefficient (Wildman–Crippen LogP) is -0.279. The van der Waals surface area contributed by atoms with Crippen molar-refractivity contribution in [2.24, 2.45) is 17.6 Å². The van der Waals surface area contributed by atoms with E-state index in [0.717, 1.165) is 5.70 Å². The third-order valence-corrected chi connectivity index (χ3v) is 2.76. The van der Waals surface area contributed by atoms with Gasteiger partial charge in [0.15, 0.2) is 7.12 Å². The van der Waals surface area contributed by atoms with Crippen LogP contribution in [0.1, 0.15) is 20.8 Å². The van der Waals surface area contributed by atoms with E-state index in [4.69, 9.17) is 5.73 Å². The Morgan fingerprint density at radius 3 is 2.23 bits per heavy atom. The molecule has 0 amide bonds. The van der Waals surface area contributed by atoms with Crippen molar-refractivity contribution in [2.45, 2.75) is 26.3 Å². The average Bonchev–Trinajstić information content (AvgIpc) is 2.02. The minimum absolute atomic E-state index is 0. The molecule has 0 aliphatic carbocycles. The van der Waals surface area contributed by atoms with E-state index in [1.807, 2.05) is 7.12 Å². The van der Waals surface area contributed by atoms with E-state index in [1.165, 1.54) is 0 Å². The molecule has 0 saturated carbocycles. The molecule has 2 unspecified atom stereocenters. The highest BCUT2D eigenvalue weighted by Gasteiger charge is 2.11. The molecule has 0 radical (unpaired) electrons. The summed E-state index contributed by atoms with van der Waals surface area (Å²) in [5.74, 6) is 1.09. The summed E-state index contributed by atoms with van der Waals surface area (Å²) >= 11 is 1.59. The lowest BCUT2D eigenvalue weighted by molar-refractivity contribution is 0.451. The molecule has 0 aliphatic heterocycles. The van der Waals surface area contributed by atoms with Crippen molar-refractivity contribution in [3.05, 3.63) is 12.3 Å². The topological polar surface area (TPSA) is 38.0 Å². The molecule has 76 valence electrons. The Bertz CT molecular complexity index is 153. The van der Waals surface area contributed by atoms with E-state index in [-0.39, 0.29) is 13.9 Å². The van der Waals surface area contributed by atoms with E-state index in [1.54, 1.807) is 11.6 Å². The lowest BCUT2D eigenvalue weighted by Crippen LogP contribution is -2.35. The van der Waals surface area contributed by atoms with Crippen molar-refractivity contribution in [3.8, 4) is 0 Å². The van der Waals surface area contributed by atoms with E-state index >= 15 is 0 Å². The van der Waals surface area contributed by atoms with Crippen LogP contribution in [0.25, 0.3) is 0 Å². The van der Waals surface area contributed by atoms with Gasteiger partial charge in [-0.25, -0.2) is 0 Å². The van der Waals surface area contributed by atoms with Gasteiger partial charge in [0.1, 0.15) is 5.50 Å². The first-order valence-electron chi connectivity index (χ1n) is 4.22. The molecule has 3 N–H and O–H groups in total. The van der Waals surface area contributed by atoms with Gasteiger partial charge < -0.3 is 11.1 Å². The van der Waals surface area contributed by atoms with Crippen LogP contribution in [0.15, 0.2) is 12.3 Å². The summed E-state index contributed by atoms with van der Waals surface area (Å²) in [7, 11) is 1.98. The van der Waals surface area contributed by atoms with Crippen LogP contribution in [0.3, 0.4) is 0 Å². The fourth-order valence-electron chi connectivity index (χ4n) is 0.775. The monoisotopic (exact) mass is 200 g/mol. The van der Waals surface area contributed by atoms with Crippen molar-refractivity contribution < 1.29 is 0 Å². The standard InChI is InChI=1S/C8H19BN2S.BH3/c1-5(2)6(3)7(4)11-8(10)12-9;/h5-6,8,11H,4,9-10H2,1-3H3;1H3. The Morgan fingerprint density at radius 2 is 1.92 bits per heavy atom. The predicted molar refractivity (Wildman–Crippen MR) is 70.3 cm³/mol. The van der Waals surface area contributed by atoms with E-state index in [0.29, 0.717) is 11.8 Å². The molecule has 5 heteroatoms. The average molecular weight is 200 g/mol. The van der Waals surface area contributed by atoms with Crippen molar-refractivity contribution >= 4 is 27.2 Å². The van der Waals surface area contributed by atoms with Gasteiger partial charge in [0.2, 0.25) is 0 Å². The lowest BCUT2D eigenvalue weighted by Gasteiger charge is -2.22. The molecule has 13 heavy (non-hydrogen) atoms. The number of allylic oxidation sites excluding steroid dienone is 1. The van der Waals surface area contributed by atoms with Crippen LogP contribution in [0.2, 0.25) is 0 Å². The van der Waals surface area contributed by atoms with Crippen LogP contribution in [0, 0.1) is 11.8 Å². The van der Waals surface area contributed by atoms with Crippen molar-refractivity contribution in [1.82, 2.24) is 5.32 Å². The normalized spacial score (nSPS) is 14.5. The van der Waals surface area contributed by atoms with Crippen LogP contribution in [-0.2, 0) is 0 Å². The number of rotatable bonds is 5. The molecule has 0 aromatic carbocycles. The van der Waals surface area contributed by atoms with Gasteiger partial charge in [-0.3, -0.25) is 0 Å². The second-order valence-electron chi connectivity index (χ2n) is 3.36. The van der Waals surface area contributed by atoms with Crippen LogP contribution in [-0.4, -0.2) is 21.0 Å². The van der Waals surface area contributed by atoms with Crippen LogP contribution >= 0.6 is 11.6 Å². The molecule has 0 heterocycles. The highest BCUT2D eigenvalue weighted by atomic mass is 32.2. The van der Waals surface area contributed by atoms with Crippen molar-refractivity contribution in [2.75, 3.05) is 0 Å². The Hall–Kier alpha value is -0.0201. The van der Waals surface area contributed by atoms with E-state index in [9.17, 15) is 0 Å². The summed E-state index contributed by atoms with van der Waals surface area (Å²) < 4.78 is 0. The maximum absolute atomic E-state index is 5.70. The van der Waals surface area contributed by atoms with Crippen LogP contribution < -0.4 is 11.1 Å². The van der Waals surface area contributed by atoms with Gasteiger partial charge in [0, 0.05) is 5.70 Å². The molecule has 0 saturated heterocycles. The smallest absolute Gasteiger partial charge is 0.177 e. The molecule has 2 atom stereocenters. The largest absolute Gasteiger partial charge is 0.366 e. The Balaban J connectivity index is 0. The van der Waals surface area contributed by atoms with Gasteiger partial charge in [0.25, 0.3) is 0 Å². The minimum Gasteiger partial charge on any atom is -0.366 e. The Kier molecular flexibility index (Phi) is 8.78. The Morgan fingerprint density at radius 1 is 1.46 bits per heavy atom. The molecular formula is C8H22B2N2S. The van der Waals surface area contributed by atoms with Crippen molar-refractivity contribution in [3.63, 3.8) is 0 Å². The maximum Gasteiger partial charge on any atom is 0.177 e. The zero-order chi connectivity index (χ0) is 9.72. The molecule has 0 spiro atoms. The zero-order valence-corrected chi connectivity index (χ0v) is 9.24. The quantitative estimate of drug-likeness (QED) is 0.473. The zero-order valence-electron chi connectivity index (χ0n) is 8.42. The van der Waals surface area contributed by atoms with Crippen molar-refractivity contribution in [1.29, 1.82) is 0 Å². The first-order chi connectivity index (χ1) is 5.49. The summed E-state index contributed by atoms with van der Waals surface area (Å²) in [5.41, 5.74) is 6.71. The fourth-order valence-corrected chi connectivity index (χ4v) is 1.04. The van der Waals surface area contributed by atoms with E-state index in [2.05, 4.69) is 32.7 Å². The molecule has 2 nitrogen and oxygen atoms in total. The van der Waals surface area contributed by atoms with Gasteiger partial charge in [0.05, 0.1) is 8.41 Å². The Labute approximate surface area is 89.0 Å². The highest BCUT2D eigenvalue weighted by Crippen LogP contribution is 2.16. The summed E-state index contributed by atoms with van der Waals surface area (Å²) in [6.07, 6.45) is 0. The third-order valence-electron chi connectivity index (χ3n) is 2.13. The van der Waals surface area contributed by atoms with Gasteiger partial charge in [-0.1, -0.05) is 27.4 Å². The van der Waals surface area contributed by atoms with Gasteiger partial charge in [-0.15, -0.1) is 0 Å². The molecule has 0 fully saturated rings. The first-order valence-corrected chi connectivity index (χ1v) is 5.51. The van der Waals surface area contributed by atoms with E-state index < -0.39 is 0 Å². The maximum atomic E-state index is 5.70. The van der Waals surface area contributed by atoms with Crippen LogP contribution in [0.4, 0.5) is 0 Å². The van der Waals surface area contributed by atoms with Crippen LogP contribution in [0.5, 0.6) is 0 Å². The van der Waals surface area contributed by atoms with Gasteiger partial charge >= 0.3 is 0 Å². The third kappa shape index (κ3) is 6.11. The molecule has 0 bridgehead atoms. The number of nitrogens with two attached hydrogens (primary N) is 1. The SMILES string of the molecule is B.BSC(N)NC(=C)C(C)C(C)C. The highest BCUT2D eigenvalue weighted by molar-refractivity contribution is 8.20. The minimum atomic E-state index is -0.0290. The lowest BCUT2D eigenvalue weighted by atomic mass is 9.95. The number of nitrogens with one attached hydrogen (secondary N) is 1. The summed E-state index contributed by atoms with van der Waals surface area (Å²) in [4.78, 5) is 0. The second kappa shape index (κ2) is 7.39. The number of hydrogen-bond acceptors (Lipinski definition) is 3. The molecule has 0 aliphatic rings. The van der Waals surface area contributed by atoms with Gasteiger partial charge in [-0.2, -0.15) is 11.6 Å². The summed E-state index contributed by atoms with van der Waals surface area (Å²) in [6, 6.07) is 0. The number of hydrogen-bond donors (Lipinski definition) is 2. The fraction of sp³-hybridized carbons (Fsp3) is 0.750. The molecule has 0 aromatic heterocycles. The summed E-state index contributed by atoms with van der Waals surface area (Å²) in [6.45, 7) is 10.5. The summed E-state index contributed by atoms with van der Waals surface area (Å²) in [5, 5.41) is 3.16. The first kappa shape index (κ1) is 15.5. The molecule has 0 rings (SSSR count). The second-order valence-corrected chi connectivity index (χ2v) is 4.34. The van der Waals surface area contributed by atoms with Gasteiger partial charge in [-0.05, 0) is 11.8 Å². The molecule has 0 aromatic rings. The molecular weight excluding hydrogens is 178 g/mol.